The topological polar surface area (TPSA) is 76.9 Å². The van der Waals surface area contributed by atoms with Crippen molar-refractivity contribution in [1.82, 2.24) is 19.6 Å². The molecule has 0 spiro atoms. The highest BCUT2D eigenvalue weighted by atomic mass is 79.9. The number of rotatable bonds is 4. The van der Waals surface area contributed by atoms with Gasteiger partial charge in [-0.1, -0.05) is 15.9 Å². The van der Waals surface area contributed by atoms with Crippen LogP contribution in [0.1, 0.15) is 37.7 Å². The number of ether oxygens (including phenoxy) is 2. The molecule has 0 saturated carbocycles. The molecule has 3 rings (SSSR count). The first-order valence-electron chi connectivity index (χ1n) is 9.90. The van der Waals surface area contributed by atoms with E-state index in [1.807, 2.05) is 45.0 Å². The molecule has 1 fully saturated rings. The van der Waals surface area contributed by atoms with Crippen LogP contribution in [0.4, 0.5) is 4.79 Å². The summed E-state index contributed by atoms with van der Waals surface area (Å²) < 4.78 is 13.7. The van der Waals surface area contributed by atoms with Crippen molar-refractivity contribution in [3.63, 3.8) is 0 Å². The molecule has 2 heterocycles. The molecule has 0 bridgehead atoms. The summed E-state index contributed by atoms with van der Waals surface area (Å²) in [7, 11) is 0. The Morgan fingerprint density at radius 2 is 1.70 bits per heavy atom. The average Bonchev–Trinajstić information content (AvgIpc) is 3.01. The maximum atomic E-state index is 12.9. The van der Waals surface area contributed by atoms with Crippen LogP contribution in [0, 0.1) is 0 Å². The maximum absolute atomic E-state index is 12.9. The van der Waals surface area contributed by atoms with Gasteiger partial charge in [-0.05, 0) is 57.5 Å². The van der Waals surface area contributed by atoms with Crippen LogP contribution in [0.25, 0.3) is 0 Å². The van der Waals surface area contributed by atoms with Gasteiger partial charge in [-0.2, -0.15) is 5.10 Å². The second-order valence-electron chi connectivity index (χ2n) is 8.08. The minimum Gasteiger partial charge on any atom is -0.471 e. The number of halogens is 1. The van der Waals surface area contributed by atoms with E-state index in [2.05, 4.69) is 21.0 Å². The van der Waals surface area contributed by atoms with Crippen LogP contribution in [-0.2, 0) is 11.5 Å². The van der Waals surface area contributed by atoms with Gasteiger partial charge in [0.25, 0.3) is 5.91 Å². The molecule has 1 aliphatic heterocycles. The van der Waals surface area contributed by atoms with Gasteiger partial charge in [-0.15, -0.1) is 0 Å². The van der Waals surface area contributed by atoms with Crippen molar-refractivity contribution in [3.05, 3.63) is 46.7 Å². The summed E-state index contributed by atoms with van der Waals surface area (Å²) in [6, 6.07) is 9.19. The number of carbonyl (C=O) groups is 2. The molecule has 1 aromatic heterocycles. The van der Waals surface area contributed by atoms with Gasteiger partial charge in [-0.25, -0.2) is 9.48 Å². The van der Waals surface area contributed by atoms with Gasteiger partial charge in [0.15, 0.2) is 12.4 Å². The Bertz CT molecular complexity index is 876. The zero-order chi connectivity index (χ0) is 21.7. The van der Waals surface area contributed by atoms with Gasteiger partial charge in [0.05, 0.1) is 0 Å². The van der Waals surface area contributed by atoms with Crippen LogP contribution in [-0.4, -0.2) is 63.4 Å². The van der Waals surface area contributed by atoms with E-state index >= 15 is 0 Å². The number of nitrogens with zero attached hydrogens (tertiary/aromatic N) is 4. The molecule has 2 aromatic rings. The van der Waals surface area contributed by atoms with Crippen molar-refractivity contribution in [1.29, 1.82) is 0 Å². The Morgan fingerprint density at radius 1 is 1.03 bits per heavy atom. The molecule has 9 heteroatoms. The molecule has 162 valence electrons. The maximum Gasteiger partial charge on any atom is 0.410 e. The van der Waals surface area contributed by atoms with Crippen LogP contribution in [0.2, 0.25) is 0 Å². The normalized spacial score (nSPS) is 14.9. The van der Waals surface area contributed by atoms with Gasteiger partial charge >= 0.3 is 6.09 Å². The summed E-state index contributed by atoms with van der Waals surface area (Å²) in [5, 5.41) is 4.34. The fourth-order valence-electron chi connectivity index (χ4n) is 3.01. The Labute approximate surface area is 184 Å². The van der Waals surface area contributed by atoms with Gasteiger partial charge in [0, 0.05) is 36.8 Å². The fraction of sp³-hybridized carbons (Fsp3) is 0.476. The van der Waals surface area contributed by atoms with Crippen LogP contribution >= 0.6 is 15.9 Å². The zero-order valence-electron chi connectivity index (χ0n) is 17.5. The summed E-state index contributed by atoms with van der Waals surface area (Å²) in [5.41, 5.74) is -0.176. The van der Waals surface area contributed by atoms with Crippen molar-refractivity contribution < 1.29 is 19.1 Å². The molecule has 0 atom stereocenters. The molecule has 30 heavy (non-hydrogen) atoms. The quantitative estimate of drug-likeness (QED) is 0.668. The van der Waals surface area contributed by atoms with E-state index in [-0.39, 0.29) is 18.7 Å². The van der Waals surface area contributed by atoms with Crippen molar-refractivity contribution in [2.45, 2.75) is 39.5 Å². The summed E-state index contributed by atoms with van der Waals surface area (Å²) in [6.07, 6.45) is 2.07. The SMILES string of the molecule is CC(C)(C)OC(=O)N1CCCN(C(=O)c2ccn(COc3ccc(Br)cc3)n2)CC1. The van der Waals surface area contributed by atoms with Gasteiger partial charge < -0.3 is 19.3 Å². The first-order chi connectivity index (χ1) is 14.2. The summed E-state index contributed by atoms with van der Waals surface area (Å²) in [6.45, 7) is 7.75. The first kappa shape index (κ1) is 22.1. The monoisotopic (exact) mass is 478 g/mol. The predicted octanol–water partition coefficient (Wildman–Crippen LogP) is 3.77. The van der Waals surface area contributed by atoms with Crippen LogP contribution in [0.3, 0.4) is 0 Å². The molecule has 1 saturated heterocycles. The molecule has 0 N–H and O–H groups in total. The van der Waals surface area contributed by atoms with E-state index in [1.54, 1.807) is 26.7 Å². The number of hydrogen-bond donors (Lipinski definition) is 0. The molecule has 2 amide bonds. The highest BCUT2D eigenvalue weighted by Crippen LogP contribution is 2.17. The Kier molecular flexibility index (Phi) is 7.02. The minimum absolute atomic E-state index is 0.150. The van der Waals surface area contributed by atoms with Crippen LogP contribution < -0.4 is 4.74 Å². The number of hydrogen-bond acceptors (Lipinski definition) is 5. The molecular formula is C21H27BrN4O4. The lowest BCUT2D eigenvalue weighted by atomic mass is 10.2. The summed E-state index contributed by atoms with van der Waals surface area (Å²) in [5.74, 6) is 0.569. The molecule has 1 aromatic carbocycles. The lowest BCUT2D eigenvalue weighted by Gasteiger charge is -2.26. The highest BCUT2D eigenvalue weighted by molar-refractivity contribution is 9.10. The van der Waals surface area contributed by atoms with Gasteiger partial charge in [0.2, 0.25) is 0 Å². The number of benzene rings is 1. The minimum atomic E-state index is -0.538. The third-order valence-corrected chi connectivity index (χ3v) is 5.00. The van der Waals surface area contributed by atoms with E-state index < -0.39 is 5.60 Å². The van der Waals surface area contributed by atoms with Crippen molar-refractivity contribution in [2.75, 3.05) is 26.2 Å². The molecule has 0 radical (unpaired) electrons. The van der Waals surface area contributed by atoms with E-state index in [0.717, 1.165) is 10.2 Å². The molecule has 0 aliphatic carbocycles. The average molecular weight is 479 g/mol. The first-order valence-corrected chi connectivity index (χ1v) is 10.7. The number of aromatic nitrogens is 2. The molecule has 1 aliphatic rings. The van der Waals surface area contributed by atoms with Crippen LogP contribution in [0.15, 0.2) is 41.0 Å². The third kappa shape index (κ3) is 6.22. The second-order valence-corrected chi connectivity index (χ2v) is 9.00. The summed E-state index contributed by atoms with van der Waals surface area (Å²) in [4.78, 5) is 28.5. The highest BCUT2D eigenvalue weighted by Gasteiger charge is 2.27. The van der Waals surface area contributed by atoms with E-state index in [4.69, 9.17) is 9.47 Å². The molecule has 0 unspecified atom stereocenters. The van der Waals surface area contributed by atoms with E-state index in [9.17, 15) is 9.59 Å². The largest absolute Gasteiger partial charge is 0.471 e. The number of amides is 2. The second kappa shape index (κ2) is 9.51. The number of carbonyl (C=O) groups excluding carboxylic acids is 2. The fourth-order valence-corrected chi connectivity index (χ4v) is 3.28. The standard InChI is InChI=1S/C21H27BrN4O4/c1-21(2,3)30-20(28)25-11-4-10-24(13-14-25)19(27)18-9-12-26(23-18)15-29-17-7-5-16(22)6-8-17/h5-9,12H,4,10-11,13-15H2,1-3H3. The Hall–Kier alpha value is -2.55. The van der Waals surface area contributed by atoms with Crippen molar-refractivity contribution >= 4 is 27.9 Å². The van der Waals surface area contributed by atoms with E-state index in [1.165, 1.54) is 0 Å². The smallest absolute Gasteiger partial charge is 0.410 e. The van der Waals surface area contributed by atoms with Gasteiger partial charge in [-0.3, -0.25) is 4.79 Å². The summed E-state index contributed by atoms with van der Waals surface area (Å²) >= 11 is 3.38. The Balaban J connectivity index is 1.54. The predicted molar refractivity (Wildman–Crippen MR) is 115 cm³/mol. The van der Waals surface area contributed by atoms with Crippen molar-refractivity contribution in [3.8, 4) is 5.75 Å². The van der Waals surface area contributed by atoms with Gasteiger partial charge in [0.1, 0.15) is 11.4 Å². The zero-order valence-corrected chi connectivity index (χ0v) is 19.1. The van der Waals surface area contributed by atoms with Crippen LogP contribution in [0.5, 0.6) is 5.75 Å². The lowest BCUT2D eigenvalue weighted by Crippen LogP contribution is -2.40. The third-order valence-electron chi connectivity index (χ3n) is 4.47. The van der Waals surface area contributed by atoms with Crippen molar-refractivity contribution in [2.24, 2.45) is 0 Å². The van der Waals surface area contributed by atoms with E-state index in [0.29, 0.717) is 38.3 Å². The lowest BCUT2D eigenvalue weighted by molar-refractivity contribution is 0.0255. The molecule has 8 nitrogen and oxygen atoms in total. The molecular weight excluding hydrogens is 452 g/mol. The Morgan fingerprint density at radius 3 is 2.40 bits per heavy atom.